The van der Waals surface area contributed by atoms with E-state index < -0.39 is 28.5 Å². The van der Waals surface area contributed by atoms with Crippen LogP contribution in [0.3, 0.4) is 0 Å². The molecule has 4 aromatic carbocycles. The molecule has 0 spiro atoms. The number of amides is 2. The maximum atomic E-state index is 14.7. The summed E-state index contributed by atoms with van der Waals surface area (Å²) >= 11 is 13.2. The SMILES string of the molecule is CCc1ccccc1N(CC(=O)N(Cc1c(Cl)cccc1Cl)[C@H](Cc1ccccc1)C(=O)N[C@H](C)CC)S(=O)(=O)c1ccc(C)cc1. The van der Waals surface area contributed by atoms with Gasteiger partial charge in [0.15, 0.2) is 0 Å². The number of carbonyl (C=O) groups excluding carboxylic acids is 2. The van der Waals surface area contributed by atoms with Crippen molar-refractivity contribution in [3.63, 3.8) is 0 Å². The number of hydrogen-bond donors (Lipinski definition) is 1. The largest absolute Gasteiger partial charge is 0.352 e. The second-order valence-corrected chi connectivity index (χ2v) is 14.2. The van der Waals surface area contributed by atoms with Gasteiger partial charge >= 0.3 is 0 Å². The molecule has 2 amide bonds. The van der Waals surface area contributed by atoms with Gasteiger partial charge in [0.1, 0.15) is 12.6 Å². The Morgan fingerprint density at radius 2 is 1.45 bits per heavy atom. The van der Waals surface area contributed by atoms with Gasteiger partial charge < -0.3 is 10.2 Å². The number of rotatable bonds is 14. The Balaban J connectivity index is 1.87. The Kier molecular flexibility index (Phi) is 12.5. The van der Waals surface area contributed by atoms with Crippen LogP contribution in [0.5, 0.6) is 0 Å². The molecular weight excluding hydrogens is 653 g/mol. The lowest BCUT2D eigenvalue weighted by atomic mass is 10.0. The van der Waals surface area contributed by atoms with Crippen molar-refractivity contribution >= 4 is 50.7 Å². The van der Waals surface area contributed by atoms with Gasteiger partial charge in [0.05, 0.1) is 10.6 Å². The number of para-hydroxylation sites is 1. The minimum absolute atomic E-state index is 0.0536. The minimum Gasteiger partial charge on any atom is -0.352 e. The van der Waals surface area contributed by atoms with Crippen LogP contribution in [0, 0.1) is 6.92 Å². The molecule has 0 unspecified atom stereocenters. The van der Waals surface area contributed by atoms with Crippen molar-refractivity contribution < 1.29 is 18.0 Å². The number of aryl methyl sites for hydroxylation is 2. The number of sulfonamides is 1. The van der Waals surface area contributed by atoms with E-state index >= 15 is 0 Å². The van der Waals surface area contributed by atoms with Crippen molar-refractivity contribution in [1.82, 2.24) is 10.2 Å². The van der Waals surface area contributed by atoms with Crippen LogP contribution in [0.2, 0.25) is 10.0 Å². The number of hydrogen-bond acceptors (Lipinski definition) is 4. The number of carbonyl (C=O) groups is 2. The van der Waals surface area contributed by atoms with Crippen molar-refractivity contribution in [3.8, 4) is 0 Å². The second kappa shape index (κ2) is 16.3. The average molecular weight is 695 g/mol. The van der Waals surface area contributed by atoms with Gasteiger partial charge in [0.2, 0.25) is 11.8 Å². The Bertz CT molecular complexity index is 1760. The van der Waals surface area contributed by atoms with Crippen LogP contribution >= 0.6 is 23.2 Å². The van der Waals surface area contributed by atoms with Crippen LogP contribution in [-0.4, -0.2) is 43.8 Å². The van der Waals surface area contributed by atoms with E-state index in [4.69, 9.17) is 23.2 Å². The maximum absolute atomic E-state index is 14.7. The molecule has 10 heteroatoms. The molecule has 0 heterocycles. The number of nitrogens with one attached hydrogen (secondary N) is 1. The summed E-state index contributed by atoms with van der Waals surface area (Å²) in [6.07, 6.45) is 1.41. The zero-order valence-electron chi connectivity index (χ0n) is 27.1. The number of nitrogens with zero attached hydrogens (tertiary/aromatic N) is 2. The highest BCUT2D eigenvalue weighted by Gasteiger charge is 2.36. The topological polar surface area (TPSA) is 86.8 Å². The first-order valence-corrected chi connectivity index (χ1v) is 17.9. The summed E-state index contributed by atoms with van der Waals surface area (Å²) in [5.74, 6) is -0.940. The number of anilines is 1. The van der Waals surface area contributed by atoms with Crippen LogP contribution in [-0.2, 0) is 39.0 Å². The summed E-state index contributed by atoms with van der Waals surface area (Å²) < 4.78 is 29.8. The van der Waals surface area contributed by atoms with E-state index in [1.807, 2.05) is 70.2 Å². The fourth-order valence-corrected chi connectivity index (χ4v) is 7.22. The minimum atomic E-state index is -4.22. The van der Waals surface area contributed by atoms with E-state index in [-0.39, 0.29) is 29.8 Å². The molecule has 7 nitrogen and oxygen atoms in total. The Labute approximate surface area is 288 Å². The summed E-state index contributed by atoms with van der Waals surface area (Å²) in [5.41, 5.74) is 3.34. The van der Waals surface area contributed by atoms with E-state index in [1.165, 1.54) is 17.0 Å². The molecule has 0 bridgehead atoms. The lowest BCUT2D eigenvalue weighted by Gasteiger charge is -2.35. The Morgan fingerprint density at radius 3 is 2.06 bits per heavy atom. The molecule has 4 rings (SSSR count). The van der Waals surface area contributed by atoms with E-state index in [9.17, 15) is 18.0 Å². The molecule has 47 heavy (non-hydrogen) atoms. The Hall–Kier alpha value is -3.85. The molecule has 1 N–H and O–H groups in total. The quantitative estimate of drug-likeness (QED) is 0.147. The van der Waals surface area contributed by atoms with Gasteiger partial charge in [0.25, 0.3) is 10.0 Å². The highest BCUT2D eigenvalue weighted by atomic mass is 35.5. The molecule has 248 valence electrons. The van der Waals surface area contributed by atoms with Gasteiger partial charge in [-0.25, -0.2) is 8.42 Å². The first-order valence-electron chi connectivity index (χ1n) is 15.7. The second-order valence-electron chi connectivity index (χ2n) is 11.6. The highest BCUT2D eigenvalue weighted by molar-refractivity contribution is 7.92. The monoisotopic (exact) mass is 693 g/mol. The lowest BCUT2D eigenvalue weighted by molar-refractivity contribution is -0.140. The van der Waals surface area contributed by atoms with E-state index in [0.29, 0.717) is 34.1 Å². The van der Waals surface area contributed by atoms with E-state index in [2.05, 4.69) is 5.32 Å². The van der Waals surface area contributed by atoms with Gasteiger partial charge in [-0.15, -0.1) is 0 Å². The zero-order valence-corrected chi connectivity index (χ0v) is 29.4. The number of benzene rings is 4. The van der Waals surface area contributed by atoms with Crippen LogP contribution in [0.4, 0.5) is 5.69 Å². The summed E-state index contributed by atoms with van der Waals surface area (Å²) in [5, 5.41) is 3.69. The van der Waals surface area contributed by atoms with Crippen LogP contribution < -0.4 is 9.62 Å². The highest BCUT2D eigenvalue weighted by Crippen LogP contribution is 2.30. The molecule has 2 atom stereocenters. The first kappa shape index (κ1) is 36.0. The standard InChI is InChI=1S/C37H41Cl2N3O4S/c1-5-27(4)40-37(44)35(23-28-13-8-7-9-14-28)41(24-31-32(38)16-12-17-33(31)39)36(43)25-42(34-18-11-10-15-29(34)6-2)47(45,46)30-21-19-26(3)20-22-30/h7-22,27,35H,5-6,23-25H2,1-4H3,(H,40,44)/t27-,35-/m1/s1. The van der Waals surface area contributed by atoms with Gasteiger partial charge in [0, 0.05) is 34.6 Å². The van der Waals surface area contributed by atoms with E-state index in [1.54, 1.807) is 42.5 Å². The third kappa shape index (κ3) is 8.95. The summed E-state index contributed by atoms with van der Waals surface area (Å²) in [7, 11) is -4.22. The predicted octanol–water partition coefficient (Wildman–Crippen LogP) is 7.61. The lowest BCUT2D eigenvalue weighted by Crippen LogP contribution is -2.54. The summed E-state index contributed by atoms with van der Waals surface area (Å²) in [6.45, 7) is 6.99. The van der Waals surface area contributed by atoms with Gasteiger partial charge in [-0.3, -0.25) is 13.9 Å². The smallest absolute Gasteiger partial charge is 0.264 e. The van der Waals surface area contributed by atoms with Crippen molar-refractivity contribution in [3.05, 3.63) is 129 Å². The maximum Gasteiger partial charge on any atom is 0.264 e. The molecule has 0 aromatic heterocycles. The van der Waals surface area contributed by atoms with Crippen molar-refractivity contribution in [2.45, 2.75) is 70.5 Å². The first-order chi connectivity index (χ1) is 22.5. The van der Waals surface area contributed by atoms with Gasteiger partial charge in [-0.05, 0) is 68.1 Å². The van der Waals surface area contributed by atoms with Gasteiger partial charge in [-0.2, -0.15) is 0 Å². The van der Waals surface area contributed by atoms with Crippen LogP contribution in [0.1, 0.15) is 49.4 Å². The molecule has 4 aromatic rings. The van der Waals surface area contributed by atoms with Crippen LogP contribution in [0.15, 0.2) is 102 Å². The molecule has 0 radical (unpaired) electrons. The molecule has 0 saturated heterocycles. The molecular formula is C37H41Cl2N3O4S. The molecule has 0 aliphatic carbocycles. The normalized spacial score (nSPS) is 12.6. The zero-order chi connectivity index (χ0) is 34.1. The van der Waals surface area contributed by atoms with Crippen molar-refractivity contribution in [2.75, 3.05) is 10.8 Å². The average Bonchev–Trinajstić information content (AvgIpc) is 3.06. The predicted molar refractivity (Wildman–Crippen MR) is 190 cm³/mol. The third-order valence-corrected chi connectivity index (χ3v) is 10.7. The molecule has 0 aliphatic heterocycles. The summed E-state index contributed by atoms with van der Waals surface area (Å²) in [4.78, 5) is 30.2. The van der Waals surface area contributed by atoms with E-state index in [0.717, 1.165) is 21.0 Å². The van der Waals surface area contributed by atoms with Crippen molar-refractivity contribution in [2.24, 2.45) is 0 Å². The van der Waals surface area contributed by atoms with Crippen molar-refractivity contribution in [1.29, 1.82) is 0 Å². The number of halogens is 2. The van der Waals surface area contributed by atoms with Gasteiger partial charge in [-0.1, -0.05) is 109 Å². The third-order valence-electron chi connectivity index (χ3n) is 8.19. The molecule has 0 aliphatic rings. The summed E-state index contributed by atoms with van der Waals surface area (Å²) in [6, 6.07) is 26.9. The fraction of sp³-hybridized carbons (Fsp3) is 0.297. The van der Waals surface area contributed by atoms with Crippen LogP contribution in [0.25, 0.3) is 0 Å². The Morgan fingerprint density at radius 1 is 0.830 bits per heavy atom. The fourth-order valence-electron chi connectivity index (χ4n) is 5.25. The molecule has 0 saturated carbocycles. The molecule has 0 fully saturated rings.